The van der Waals surface area contributed by atoms with Crippen molar-refractivity contribution in [2.24, 2.45) is 0 Å². The predicted octanol–water partition coefficient (Wildman–Crippen LogP) is 6.62. The van der Waals surface area contributed by atoms with E-state index < -0.39 is 24.3 Å². The summed E-state index contributed by atoms with van der Waals surface area (Å²) in [6, 6.07) is 38.2. The molecule has 2 atom stereocenters. The molecule has 0 saturated carbocycles. The van der Waals surface area contributed by atoms with Crippen molar-refractivity contribution in [1.82, 2.24) is 4.90 Å². The Morgan fingerprint density at radius 3 is 1.69 bits per heavy atom. The summed E-state index contributed by atoms with van der Waals surface area (Å²) in [7, 11) is -1.96. The molecular formula is C30H29ClNO3P. The smallest absolute Gasteiger partial charge is 0.409 e. The standard InChI is InChI=1S/C30H29ClNO3P/c1-35-30(33)32(22-24-14-6-2-7-15-24)23-28(25-16-8-3-9-17-25)29(31)36(34,26-18-10-4-11-19-26)27-20-12-5-13-21-27/h2-21,28-29H,22-23H2,1H3/t28-,29+/m1/s1. The molecule has 0 aliphatic heterocycles. The van der Waals surface area contributed by atoms with Crippen LogP contribution < -0.4 is 10.6 Å². The van der Waals surface area contributed by atoms with Crippen molar-refractivity contribution >= 4 is 35.4 Å². The molecule has 184 valence electrons. The average molecular weight is 518 g/mol. The number of hydrogen-bond acceptors (Lipinski definition) is 3. The quantitative estimate of drug-likeness (QED) is 0.185. The van der Waals surface area contributed by atoms with Gasteiger partial charge in [-0.05, 0) is 11.1 Å². The molecule has 4 aromatic carbocycles. The Labute approximate surface area is 217 Å². The number of ether oxygens (including phenoxy) is 1. The highest BCUT2D eigenvalue weighted by Gasteiger charge is 2.42. The second kappa shape index (κ2) is 12.1. The van der Waals surface area contributed by atoms with E-state index in [1.54, 1.807) is 4.90 Å². The van der Waals surface area contributed by atoms with Crippen molar-refractivity contribution in [2.75, 3.05) is 13.7 Å². The summed E-state index contributed by atoms with van der Waals surface area (Å²) >= 11 is 7.31. The van der Waals surface area contributed by atoms with Gasteiger partial charge in [-0.1, -0.05) is 121 Å². The number of nitrogens with zero attached hydrogens (tertiary/aromatic N) is 1. The average Bonchev–Trinajstić information content (AvgIpc) is 2.96. The van der Waals surface area contributed by atoms with Gasteiger partial charge in [-0.2, -0.15) is 0 Å². The lowest BCUT2D eigenvalue weighted by atomic mass is 10.00. The van der Waals surface area contributed by atoms with Crippen LogP contribution in [0.25, 0.3) is 0 Å². The first-order chi connectivity index (χ1) is 17.5. The molecule has 4 rings (SSSR count). The Hall–Kier alpha value is -3.33. The molecule has 4 aromatic rings. The van der Waals surface area contributed by atoms with Crippen LogP contribution in [0.3, 0.4) is 0 Å². The molecular weight excluding hydrogens is 489 g/mol. The highest BCUT2D eigenvalue weighted by Crippen LogP contribution is 2.55. The Morgan fingerprint density at radius 2 is 1.22 bits per heavy atom. The largest absolute Gasteiger partial charge is 0.453 e. The number of carbonyl (C=O) groups excluding carboxylic acids is 1. The number of hydrogen-bond donors (Lipinski definition) is 0. The predicted molar refractivity (Wildman–Crippen MR) is 148 cm³/mol. The lowest BCUT2D eigenvalue weighted by Gasteiger charge is -2.34. The number of halogens is 1. The minimum atomic E-state index is -3.33. The highest BCUT2D eigenvalue weighted by atomic mass is 35.5. The zero-order chi connectivity index (χ0) is 25.4. The highest BCUT2D eigenvalue weighted by molar-refractivity contribution is 7.80. The summed E-state index contributed by atoms with van der Waals surface area (Å²) < 4.78 is 20.2. The van der Waals surface area contributed by atoms with E-state index in [2.05, 4.69) is 0 Å². The molecule has 6 heteroatoms. The number of rotatable bonds is 9. The van der Waals surface area contributed by atoms with E-state index in [-0.39, 0.29) is 6.54 Å². The third-order valence-electron chi connectivity index (χ3n) is 6.25. The zero-order valence-electron chi connectivity index (χ0n) is 20.1. The summed E-state index contributed by atoms with van der Waals surface area (Å²) in [5.41, 5.74) is 1.88. The van der Waals surface area contributed by atoms with Crippen molar-refractivity contribution in [3.8, 4) is 0 Å². The fourth-order valence-corrected chi connectivity index (χ4v) is 8.18. The van der Waals surface area contributed by atoms with Gasteiger partial charge >= 0.3 is 6.09 Å². The monoisotopic (exact) mass is 517 g/mol. The normalized spacial score (nSPS) is 12.9. The Bertz CT molecular complexity index is 1240. The Balaban J connectivity index is 1.80. The zero-order valence-corrected chi connectivity index (χ0v) is 21.8. The van der Waals surface area contributed by atoms with Crippen LogP contribution in [0, 0.1) is 0 Å². The van der Waals surface area contributed by atoms with Crippen molar-refractivity contribution in [1.29, 1.82) is 0 Å². The van der Waals surface area contributed by atoms with Gasteiger partial charge in [-0.3, -0.25) is 0 Å². The summed E-state index contributed by atoms with van der Waals surface area (Å²) in [5, 5.41) is 0.558. The minimum Gasteiger partial charge on any atom is -0.453 e. The van der Waals surface area contributed by atoms with Crippen molar-refractivity contribution < 1.29 is 14.1 Å². The van der Waals surface area contributed by atoms with E-state index in [9.17, 15) is 4.79 Å². The van der Waals surface area contributed by atoms with Crippen LogP contribution in [0.4, 0.5) is 4.79 Å². The maximum Gasteiger partial charge on any atom is 0.409 e. The third kappa shape index (κ3) is 5.73. The van der Waals surface area contributed by atoms with Crippen LogP contribution >= 0.6 is 18.7 Å². The van der Waals surface area contributed by atoms with Crippen LogP contribution in [-0.2, 0) is 15.8 Å². The molecule has 0 unspecified atom stereocenters. The molecule has 0 aliphatic carbocycles. The number of methoxy groups -OCH3 is 1. The fraction of sp³-hybridized carbons (Fsp3) is 0.167. The lowest BCUT2D eigenvalue weighted by molar-refractivity contribution is 0.118. The van der Waals surface area contributed by atoms with Gasteiger partial charge in [-0.15, -0.1) is 11.6 Å². The summed E-state index contributed by atoms with van der Waals surface area (Å²) in [4.78, 5) is 14.5. The second-order valence-electron chi connectivity index (χ2n) is 8.56. The van der Waals surface area contributed by atoms with Crippen molar-refractivity contribution in [2.45, 2.75) is 17.6 Å². The van der Waals surface area contributed by atoms with Gasteiger partial charge in [0.05, 0.1) is 7.11 Å². The topological polar surface area (TPSA) is 46.6 Å². The molecule has 0 spiro atoms. The van der Waals surface area contributed by atoms with E-state index in [4.69, 9.17) is 16.3 Å². The van der Waals surface area contributed by atoms with Gasteiger partial charge in [0.1, 0.15) is 5.12 Å². The molecule has 0 radical (unpaired) electrons. The number of benzene rings is 4. The Morgan fingerprint density at radius 1 is 0.778 bits per heavy atom. The van der Waals surface area contributed by atoms with Crippen molar-refractivity contribution in [3.05, 3.63) is 132 Å². The van der Waals surface area contributed by atoms with Crippen LogP contribution in [0.2, 0.25) is 0 Å². The first-order valence-electron chi connectivity index (χ1n) is 11.8. The molecule has 0 bridgehead atoms. The maximum absolute atomic E-state index is 15.0. The molecule has 0 N–H and O–H groups in total. The van der Waals surface area contributed by atoms with Gasteiger partial charge < -0.3 is 14.2 Å². The number of amides is 1. The van der Waals surface area contributed by atoms with E-state index in [1.807, 2.05) is 121 Å². The third-order valence-corrected chi connectivity index (χ3v) is 10.6. The molecule has 1 amide bonds. The van der Waals surface area contributed by atoms with E-state index in [0.717, 1.165) is 11.1 Å². The first-order valence-corrected chi connectivity index (χ1v) is 14.0. The van der Waals surface area contributed by atoms with Crippen molar-refractivity contribution in [3.63, 3.8) is 0 Å². The summed E-state index contributed by atoms with van der Waals surface area (Å²) in [5.74, 6) is -0.429. The molecule has 0 heterocycles. The maximum atomic E-state index is 15.0. The molecule has 4 nitrogen and oxygen atoms in total. The Kier molecular flexibility index (Phi) is 8.64. The number of carbonyl (C=O) groups is 1. The van der Waals surface area contributed by atoms with Crippen LogP contribution in [0.5, 0.6) is 0 Å². The lowest BCUT2D eigenvalue weighted by Crippen LogP contribution is -2.38. The van der Waals surface area contributed by atoms with Crippen LogP contribution in [-0.4, -0.2) is 29.8 Å². The van der Waals surface area contributed by atoms with E-state index >= 15 is 4.57 Å². The van der Waals surface area contributed by atoms with E-state index in [1.165, 1.54) is 7.11 Å². The molecule has 0 fully saturated rings. The molecule has 36 heavy (non-hydrogen) atoms. The fourth-order valence-electron chi connectivity index (χ4n) is 4.41. The van der Waals surface area contributed by atoms with Gasteiger partial charge in [-0.25, -0.2) is 4.79 Å². The van der Waals surface area contributed by atoms with Gasteiger partial charge in [0.25, 0.3) is 0 Å². The first kappa shape index (κ1) is 25.8. The SMILES string of the molecule is COC(=O)N(Cc1ccccc1)C[C@H](c1ccccc1)[C@@H](Cl)P(=O)(c1ccccc1)c1ccccc1. The molecule has 0 saturated heterocycles. The van der Waals surface area contributed by atoms with Crippen LogP contribution in [0.15, 0.2) is 121 Å². The summed E-state index contributed by atoms with van der Waals surface area (Å²) in [6.45, 7) is 0.588. The van der Waals surface area contributed by atoms with Gasteiger partial charge in [0.2, 0.25) is 0 Å². The van der Waals surface area contributed by atoms with E-state index in [0.29, 0.717) is 17.2 Å². The second-order valence-corrected chi connectivity index (χ2v) is 12.2. The molecule has 0 aromatic heterocycles. The summed E-state index contributed by atoms with van der Waals surface area (Å²) in [6.07, 6.45) is -0.460. The minimum absolute atomic E-state index is 0.239. The molecule has 0 aliphatic rings. The van der Waals surface area contributed by atoms with Gasteiger partial charge in [0.15, 0.2) is 7.14 Å². The van der Waals surface area contributed by atoms with Gasteiger partial charge in [0, 0.05) is 29.6 Å². The van der Waals surface area contributed by atoms with Crippen LogP contribution in [0.1, 0.15) is 17.0 Å². The number of alkyl halides is 1.